The predicted octanol–water partition coefficient (Wildman–Crippen LogP) is 1.98. The molecule has 78 valence electrons. The van der Waals surface area contributed by atoms with Gasteiger partial charge >= 0.3 is 0 Å². The number of benzene rings is 1. The van der Waals surface area contributed by atoms with Crippen molar-refractivity contribution in [2.45, 2.75) is 26.4 Å². The molecule has 0 amide bonds. The van der Waals surface area contributed by atoms with Gasteiger partial charge in [-0.25, -0.2) is 0 Å². The van der Waals surface area contributed by atoms with Gasteiger partial charge in [0.15, 0.2) is 11.5 Å². The molecule has 0 saturated carbocycles. The van der Waals surface area contributed by atoms with Crippen LogP contribution in [0.4, 0.5) is 0 Å². The minimum atomic E-state index is -0.532. The second-order valence-electron chi connectivity index (χ2n) is 3.41. The van der Waals surface area contributed by atoms with Crippen LogP contribution in [-0.2, 0) is 6.42 Å². The van der Waals surface area contributed by atoms with Crippen LogP contribution in [0.25, 0.3) is 0 Å². The van der Waals surface area contributed by atoms with Crippen molar-refractivity contribution in [1.29, 1.82) is 0 Å². The summed E-state index contributed by atoms with van der Waals surface area (Å²) < 4.78 is 0. The van der Waals surface area contributed by atoms with Gasteiger partial charge in [-0.2, -0.15) is 0 Å². The molecular weight excluding hydrogens is 204 g/mol. The lowest BCUT2D eigenvalue weighted by atomic mass is 10.0. The van der Waals surface area contributed by atoms with Crippen molar-refractivity contribution >= 4 is 11.6 Å². The Hall–Kier alpha value is -0.930. The van der Waals surface area contributed by atoms with Gasteiger partial charge in [0.2, 0.25) is 0 Å². The van der Waals surface area contributed by atoms with Crippen LogP contribution >= 0.6 is 11.6 Å². The van der Waals surface area contributed by atoms with Gasteiger partial charge < -0.3 is 15.3 Å². The first-order valence-electron chi connectivity index (χ1n) is 4.31. The molecule has 0 spiro atoms. The van der Waals surface area contributed by atoms with E-state index in [2.05, 4.69) is 0 Å². The van der Waals surface area contributed by atoms with E-state index in [1.54, 1.807) is 13.8 Å². The minimum Gasteiger partial charge on any atom is -0.504 e. The molecule has 0 aliphatic rings. The number of hydrogen-bond donors (Lipinski definition) is 3. The number of halogens is 1. The molecule has 0 aliphatic heterocycles. The summed E-state index contributed by atoms with van der Waals surface area (Å²) in [6.07, 6.45) is -0.173. The van der Waals surface area contributed by atoms with Crippen molar-refractivity contribution in [1.82, 2.24) is 0 Å². The van der Waals surface area contributed by atoms with Gasteiger partial charge in [-0.3, -0.25) is 0 Å². The summed E-state index contributed by atoms with van der Waals surface area (Å²) in [4.78, 5) is 0. The van der Waals surface area contributed by atoms with E-state index in [0.29, 0.717) is 12.0 Å². The predicted molar refractivity (Wildman–Crippen MR) is 54.9 cm³/mol. The van der Waals surface area contributed by atoms with E-state index in [0.717, 1.165) is 5.56 Å². The molecule has 1 aromatic rings. The highest BCUT2D eigenvalue weighted by molar-refractivity contribution is 6.33. The van der Waals surface area contributed by atoms with Crippen LogP contribution in [0.5, 0.6) is 11.5 Å². The molecule has 0 saturated heterocycles. The minimum absolute atomic E-state index is 0.114. The molecule has 0 aliphatic carbocycles. The summed E-state index contributed by atoms with van der Waals surface area (Å²) in [5.74, 6) is -0.560. The summed E-state index contributed by atoms with van der Waals surface area (Å²) in [6, 6.07) is 1.43. The van der Waals surface area contributed by atoms with E-state index in [1.165, 1.54) is 6.07 Å². The summed E-state index contributed by atoms with van der Waals surface area (Å²) in [5.41, 5.74) is 1.42. The number of phenolic OH excluding ortho intramolecular Hbond substituents is 2. The highest BCUT2D eigenvalue weighted by Crippen LogP contribution is 2.38. The first kappa shape index (κ1) is 11.1. The summed E-state index contributed by atoms with van der Waals surface area (Å²) in [7, 11) is 0. The average Bonchev–Trinajstić information content (AvgIpc) is 2.09. The van der Waals surface area contributed by atoms with E-state index >= 15 is 0 Å². The summed E-state index contributed by atoms with van der Waals surface area (Å²) in [6.45, 7) is 3.41. The smallest absolute Gasteiger partial charge is 0.176 e. The van der Waals surface area contributed by atoms with Gasteiger partial charge in [0.05, 0.1) is 11.1 Å². The molecule has 14 heavy (non-hydrogen) atoms. The SMILES string of the molecule is Cc1cc(O)c(O)c(Cl)c1CC(C)O. The number of aromatic hydroxyl groups is 2. The van der Waals surface area contributed by atoms with E-state index in [9.17, 15) is 15.3 Å². The van der Waals surface area contributed by atoms with E-state index in [1.807, 2.05) is 0 Å². The van der Waals surface area contributed by atoms with E-state index in [4.69, 9.17) is 11.6 Å². The number of rotatable bonds is 2. The second kappa shape index (κ2) is 4.07. The topological polar surface area (TPSA) is 60.7 Å². The molecular formula is C10H13ClO3. The Labute approximate surface area is 87.6 Å². The highest BCUT2D eigenvalue weighted by atomic mass is 35.5. The van der Waals surface area contributed by atoms with Crippen LogP contribution in [0, 0.1) is 6.92 Å². The first-order chi connectivity index (χ1) is 6.43. The quantitative estimate of drug-likeness (QED) is 0.663. The van der Waals surface area contributed by atoms with E-state index < -0.39 is 6.10 Å². The zero-order valence-corrected chi connectivity index (χ0v) is 8.84. The Bertz CT molecular complexity index is 348. The fourth-order valence-corrected chi connectivity index (χ4v) is 1.66. The maximum absolute atomic E-state index is 9.36. The first-order valence-corrected chi connectivity index (χ1v) is 4.69. The van der Waals surface area contributed by atoms with Crippen molar-refractivity contribution in [3.63, 3.8) is 0 Å². The van der Waals surface area contributed by atoms with Crippen LogP contribution in [0.1, 0.15) is 18.1 Å². The molecule has 3 N–H and O–H groups in total. The maximum atomic E-state index is 9.36. The number of phenols is 2. The van der Waals surface area contributed by atoms with Gasteiger partial charge in [0.25, 0.3) is 0 Å². The van der Waals surface area contributed by atoms with Crippen LogP contribution in [0.2, 0.25) is 5.02 Å². The third-order valence-electron chi connectivity index (χ3n) is 2.04. The Morgan fingerprint density at radius 1 is 1.43 bits per heavy atom. The fourth-order valence-electron chi connectivity index (χ4n) is 1.34. The molecule has 1 aromatic carbocycles. The number of hydrogen-bond acceptors (Lipinski definition) is 3. The summed E-state index contributed by atoms with van der Waals surface area (Å²) >= 11 is 5.83. The van der Waals surface area contributed by atoms with Gasteiger partial charge in [-0.05, 0) is 37.5 Å². The lowest BCUT2D eigenvalue weighted by Crippen LogP contribution is -2.06. The van der Waals surface area contributed by atoms with Crippen molar-refractivity contribution in [2.24, 2.45) is 0 Å². The number of aryl methyl sites for hydroxylation is 1. The summed E-state index contributed by atoms with van der Waals surface area (Å²) in [5, 5.41) is 27.9. The molecule has 1 rings (SSSR count). The zero-order chi connectivity index (χ0) is 10.9. The molecule has 0 heterocycles. The molecule has 0 radical (unpaired) electrons. The largest absolute Gasteiger partial charge is 0.504 e. The maximum Gasteiger partial charge on any atom is 0.176 e. The van der Waals surface area contributed by atoms with Crippen LogP contribution in [0.15, 0.2) is 6.07 Å². The Morgan fingerprint density at radius 2 is 2.00 bits per heavy atom. The number of aliphatic hydroxyl groups excluding tert-OH is 1. The molecule has 0 fully saturated rings. The monoisotopic (exact) mass is 216 g/mol. The third kappa shape index (κ3) is 2.11. The van der Waals surface area contributed by atoms with Crippen molar-refractivity contribution in [3.05, 3.63) is 22.2 Å². The lowest BCUT2D eigenvalue weighted by Gasteiger charge is -2.12. The van der Waals surface area contributed by atoms with Gasteiger partial charge in [-0.15, -0.1) is 0 Å². The Balaban J connectivity index is 3.22. The number of aliphatic hydroxyl groups is 1. The molecule has 4 heteroatoms. The van der Waals surface area contributed by atoms with Crippen molar-refractivity contribution < 1.29 is 15.3 Å². The van der Waals surface area contributed by atoms with Gasteiger partial charge in [0, 0.05) is 0 Å². The standard InChI is InChI=1S/C10H13ClO3/c1-5-3-8(13)10(14)9(11)7(5)4-6(2)12/h3,6,12-14H,4H2,1-2H3. The molecule has 3 nitrogen and oxygen atoms in total. The Morgan fingerprint density at radius 3 is 2.50 bits per heavy atom. The van der Waals surface area contributed by atoms with Crippen LogP contribution < -0.4 is 0 Å². The molecule has 1 unspecified atom stereocenters. The Kier molecular flexibility index (Phi) is 3.24. The average molecular weight is 217 g/mol. The van der Waals surface area contributed by atoms with Crippen molar-refractivity contribution in [2.75, 3.05) is 0 Å². The zero-order valence-electron chi connectivity index (χ0n) is 8.08. The van der Waals surface area contributed by atoms with E-state index in [-0.39, 0.29) is 16.5 Å². The van der Waals surface area contributed by atoms with Crippen LogP contribution in [-0.4, -0.2) is 21.4 Å². The second-order valence-corrected chi connectivity index (χ2v) is 3.78. The highest BCUT2D eigenvalue weighted by Gasteiger charge is 2.14. The van der Waals surface area contributed by atoms with Gasteiger partial charge in [0.1, 0.15) is 0 Å². The molecule has 0 bridgehead atoms. The molecule has 0 aromatic heterocycles. The van der Waals surface area contributed by atoms with Gasteiger partial charge in [-0.1, -0.05) is 11.6 Å². The molecule has 1 atom stereocenters. The third-order valence-corrected chi connectivity index (χ3v) is 2.45. The van der Waals surface area contributed by atoms with Crippen LogP contribution in [0.3, 0.4) is 0 Å². The normalized spacial score (nSPS) is 12.9. The van der Waals surface area contributed by atoms with Crippen molar-refractivity contribution in [3.8, 4) is 11.5 Å². The lowest BCUT2D eigenvalue weighted by molar-refractivity contribution is 0.195. The fraction of sp³-hybridized carbons (Fsp3) is 0.400.